The van der Waals surface area contributed by atoms with Gasteiger partial charge < -0.3 is 10.1 Å². The molecule has 2 heterocycles. The summed E-state index contributed by atoms with van der Waals surface area (Å²) in [7, 11) is 0. The fourth-order valence-corrected chi connectivity index (χ4v) is 2.00. The van der Waals surface area contributed by atoms with Crippen molar-refractivity contribution in [1.29, 1.82) is 0 Å². The number of pyridine rings is 1. The lowest BCUT2D eigenvalue weighted by Gasteiger charge is -2.03. The second-order valence-corrected chi connectivity index (χ2v) is 5.32. The highest BCUT2D eigenvalue weighted by atomic mass is 35.5. The van der Waals surface area contributed by atoms with Crippen LogP contribution in [0.15, 0.2) is 18.3 Å². The van der Waals surface area contributed by atoms with Gasteiger partial charge in [0.2, 0.25) is 5.95 Å². The van der Waals surface area contributed by atoms with Crippen molar-refractivity contribution in [3.8, 4) is 0 Å². The van der Waals surface area contributed by atoms with Gasteiger partial charge in [0.25, 0.3) is 0 Å². The molecule has 6 heteroatoms. The number of halogens is 1. The van der Waals surface area contributed by atoms with E-state index in [1.54, 1.807) is 16.8 Å². The van der Waals surface area contributed by atoms with Crippen molar-refractivity contribution in [1.82, 2.24) is 14.6 Å². The average Bonchev–Trinajstić information content (AvgIpc) is 3.13. The SMILES string of the molecule is Clc1ccc2nc(NCCCOCC3CC3)nn2c1. The van der Waals surface area contributed by atoms with Crippen LogP contribution >= 0.6 is 11.6 Å². The molecule has 3 rings (SSSR count). The minimum atomic E-state index is 0.629. The molecular weight excluding hydrogens is 264 g/mol. The molecule has 0 atom stereocenters. The van der Waals surface area contributed by atoms with Crippen LogP contribution in [0.5, 0.6) is 0 Å². The highest BCUT2D eigenvalue weighted by Crippen LogP contribution is 2.28. The zero-order chi connectivity index (χ0) is 13.1. The molecule has 102 valence electrons. The average molecular weight is 281 g/mol. The quantitative estimate of drug-likeness (QED) is 0.792. The summed E-state index contributed by atoms with van der Waals surface area (Å²) < 4.78 is 7.24. The number of ether oxygens (including phenoxy) is 1. The first-order chi connectivity index (χ1) is 9.31. The van der Waals surface area contributed by atoms with E-state index in [0.29, 0.717) is 11.0 Å². The van der Waals surface area contributed by atoms with E-state index in [0.717, 1.165) is 37.7 Å². The van der Waals surface area contributed by atoms with Gasteiger partial charge in [-0.05, 0) is 37.3 Å². The standard InChI is InChI=1S/C13H17ClN4O/c14-11-4-5-12-16-13(17-18(12)8-11)15-6-1-7-19-9-10-2-3-10/h4-5,8,10H,1-3,6-7,9H2,(H,15,17). The van der Waals surface area contributed by atoms with Gasteiger partial charge in [-0.1, -0.05) is 11.6 Å². The monoisotopic (exact) mass is 280 g/mol. The topological polar surface area (TPSA) is 51.5 Å². The second kappa shape index (κ2) is 5.75. The summed E-state index contributed by atoms with van der Waals surface area (Å²) in [6.07, 6.45) is 5.38. The largest absolute Gasteiger partial charge is 0.381 e. The summed E-state index contributed by atoms with van der Waals surface area (Å²) in [5.74, 6) is 1.46. The number of nitrogens with one attached hydrogen (secondary N) is 1. The van der Waals surface area contributed by atoms with Crippen molar-refractivity contribution >= 4 is 23.2 Å². The van der Waals surface area contributed by atoms with Crippen LogP contribution in [0.1, 0.15) is 19.3 Å². The second-order valence-electron chi connectivity index (χ2n) is 4.88. The van der Waals surface area contributed by atoms with Crippen LogP contribution in [-0.2, 0) is 4.74 Å². The molecule has 1 N–H and O–H groups in total. The third-order valence-corrected chi connectivity index (χ3v) is 3.32. The van der Waals surface area contributed by atoms with E-state index in [1.807, 2.05) is 6.07 Å². The van der Waals surface area contributed by atoms with Gasteiger partial charge in [0.05, 0.1) is 5.02 Å². The number of aromatic nitrogens is 3. The number of hydrogen-bond acceptors (Lipinski definition) is 4. The lowest BCUT2D eigenvalue weighted by atomic mass is 10.4. The van der Waals surface area contributed by atoms with Gasteiger partial charge >= 0.3 is 0 Å². The van der Waals surface area contributed by atoms with E-state index >= 15 is 0 Å². The molecular formula is C13H17ClN4O. The van der Waals surface area contributed by atoms with Gasteiger partial charge in [-0.25, -0.2) is 4.52 Å². The number of rotatable bonds is 7. The van der Waals surface area contributed by atoms with Crippen LogP contribution in [0.25, 0.3) is 5.65 Å². The molecule has 0 unspecified atom stereocenters. The molecule has 1 aliphatic carbocycles. The summed E-state index contributed by atoms with van der Waals surface area (Å²) in [6, 6.07) is 3.65. The van der Waals surface area contributed by atoms with Crippen molar-refractivity contribution in [2.45, 2.75) is 19.3 Å². The molecule has 0 amide bonds. The van der Waals surface area contributed by atoms with Gasteiger partial charge in [0.1, 0.15) is 0 Å². The summed E-state index contributed by atoms with van der Waals surface area (Å²) in [6.45, 7) is 2.53. The molecule has 0 radical (unpaired) electrons. The first-order valence-corrected chi connectivity index (χ1v) is 7.02. The molecule has 2 aromatic heterocycles. The predicted octanol–water partition coefficient (Wildman–Crippen LogP) is 2.61. The van der Waals surface area contributed by atoms with Crippen molar-refractivity contribution in [2.24, 2.45) is 5.92 Å². The Kier molecular flexibility index (Phi) is 3.84. The Balaban J connectivity index is 1.42. The number of nitrogens with zero attached hydrogens (tertiary/aromatic N) is 3. The van der Waals surface area contributed by atoms with Gasteiger partial charge in [-0.15, -0.1) is 5.10 Å². The predicted molar refractivity (Wildman–Crippen MR) is 74.6 cm³/mol. The molecule has 0 saturated heterocycles. The van der Waals surface area contributed by atoms with Crippen molar-refractivity contribution in [3.63, 3.8) is 0 Å². The lowest BCUT2D eigenvalue weighted by molar-refractivity contribution is 0.124. The van der Waals surface area contributed by atoms with Crippen LogP contribution in [0.3, 0.4) is 0 Å². The molecule has 5 nitrogen and oxygen atoms in total. The maximum atomic E-state index is 5.89. The Morgan fingerprint density at radius 1 is 1.42 bits per heavy atom. The Hall–Kier alpha value is -1.33. The van der Waals surface area contributed by atoms with Crippen LogP contribution < -0.4 is 5.32 Å². The molecule has 1 saturated carbocycles. The summed E-state index contributed by atoms with van der Waals surface area (Å²) in [4.78, 5) is 4.35. The fraction of sp³-hybridized carbons (Fsp3) is 0.538. The Labute approximate surface area is 116 Å². The molecule has 2 aromatic rings. The lowest BCUT2D eigenvalue weighted by Crippen LogP contribution is -2.07. The van der Waals surface area contributed by atoms with Gasteiger partial charge in [0, 0.05) is 26.0 Å². The van der Waals surface area contributed by atoms with Crippen molar-refractivity contribution < 1.29 is 4.74 Å². The van der Waals surface area contributed by atoms with Crippen LogP contribution in [0.2, 0.25) is 5.02 Å². The third kappa shape index (κ3) is 3.58. The first kappa shape index (κ1) is 12.7. The van der Waals surface area contributed by atoms with Gasteiger partial charge in [-0.3, -0.25) is 0 Å². The van der Waals surface area contributed by atoms with Crippen LogP contribution in [0.4, 0.5) is 5.95 Å². The summed E-state index contributed by atoms with van der Waals surface area (Å²) in [5, 5.41) is 8.14. The fourth-order valence-electron chi connectivity index (χ4n) is 1.84. The summed E-state index contributed by atoms with van der Waals surface area (Å²) in [5.41, 5.74) is 0.789. The molecule has 19 heavy (non-hydrogen) atoms. The van der Waals surface area contributed by atoms with E-state index in [9.17, 15) is 0 Å². The summed E-state index contributed by atoms with van der Waals surface area (Å²) >= 11 is 5.89. The Morgan fingerprint density at radius 2 is 2.32 bits per heavy atom. The minimum Gasteiger partial charge on any atom is -0.381 e. The zero-order valence-corrected chi connectivity index (χ0v) is 11.4. The highest BCUT2D eigenvalue weighted by Gasteiger charge is 2.20. The smallest absolute Gasteiger partial charge is 0.243 e. The van der Waals surface area contributed by atoms with Crippen molar-refractivity contribution in [3.05, 3.63) is 23.4 Å². The number of fused-ring (bicyclic) bond motifs is 1. The van der Waals surface area contributed by atoms with E-state index in [2.05, 4.69) is 15.4 Å². The maximum absolute atomic E-state index is 5.89. The Bertz CT molecular complexity index is 553. The molecule has 1 aliphatic rings. The molecule has 1 fully saturated rings. The Morgan fingerprint density at radius 3 is 3.16 bits per heavy atom. The number of anilines is 1. The van der Waals surface area contributed by atoms with Gasteiger partial charge in [-0.2, -0.15) is 4.98 Å². The normalized spacial score (nSPS) is 15.0. The first-order valence-electron chi connectivity index (χ1n) is 6.65. The third-order valence-electron chi connectivity index (χ3n) is 3.09. The molecule has 0 bridgehead atoms. The molecule has 0 spiro atoms. The maximum Gasteiger partial charge on any atom is 0.243 e. The van der Waals surface area contributed by atoms with E-state index in [4.69, 9.17) is 16.3 Å². The van der Waals surface area contributed by atoms with E-state index < -0.39 is 0 Å². The molecule has 0 aromatic carbocycles. The highest BCUT2D eigenvalue weighted by molar-refractivity contribution is 6.30. The number of hydrogen-bond donors (Lipinski definition) is 1. The van der Waals surface area contributed by atoms with E-state index in [-0.39, 0.29) is 0 Å². The van der Waals surface area contributed by atoms with Crippen molar-refractivity contribution in [2.75, 3.05) is 25.1 Å². The van der Waals surface area contributed by atoms with E-state index in [1.165, 1.54) is 12.8 Å². The van der Waals surface area contributed by atoms with Crippen LogP contribution in [-0.4, -0.2) is 34.4 Å². The molecule has 0 aliphatic heterocycles. The van der Waals surface area contributed by atoms with Gasteiger partial charge in [0.15, 0.2) is 5.65 Å². The zero-order valence-electron chi connectivity index (χ0n) is 10.7. The minimum absolute atomic E-state index is 0.629. The van der Waals surface area contributed by atoms with Crippen LogP contribution in [0, 0.1) is 5.92 Å².